The second-order valence-corrected chi connectivity index (χ2v) is 7.78. The number of benzene rings is 2. The summed E-state index contributed by atoms with van der Waals surface area (Å²) in [6.07, 6.45) is 2.54. The third kappa shape index (κ3) is 4.12. The van der Waals surface area contributed by atoms with Crippen LogP contribution in [0, 0.1) is 6.92 Å². The number of thiazole rings is 1. The molecule has 2 N–H and O–H groups in total. The molecular formula is C23H22N4OS. The average molecular weight is 403 g/mol. The summed E-state index contributed by atoms with van der Waals surface area (Å²) in [4.78, 5) is 26.0. The summed E-state index contributed by atoms with van der Waals surface area (Å²) in [5, 5.41) is 3.96. The maximum Gasteiger partial charge on any atom is 0.263 e. The Kier molecular flexibility index (Phi) is 5.53. The lowest BCUT2D eigenvalue weighted by Crippen LogP contribution is -2.28. The zero-order chi connectivity index (χ0) is 20.2. The quantitative estimate of drug-likeness (QED) is 0.454. The first-order valence-electron chi connectivity index (χ1n) is 9.59. The number of hydrogen-bond donors (Lipinski definition) is 2. The van der Waals surface area contributed by atoms with Crippen LogP contribution in [0.2, 0.25) is 0 Å². The van der Waals surface area contributed by atoms with Crippen LogP contribution in [-0.4, -0.2) is 20.9 Å². The molecule has 146 valence electrons. The Balaban J connectivity index is 1.53. The fraction of sp³-hybridized carbons (Fsp3) is 0.174. The highest BCUT2D eigenvalue weighted by Gasteiger charge is 2.21. The summed E-state index contributed by atoms with van der Waals surface area (Å²) >= 11 is 1.42. The maximum absolute atomic E-state index is 12.9. The number of aromatic nitrogens is 3. The molecule has 0 saturated carbocycles. The molecule has 0 saturated heterocycles. The molecule has 0 aliphatic rings. The Morgan fingerprint density at radius 2 is 1.72 bits per heavy atom. The zero-order valence-corrected chi connectivity index (χ0v) is 17.2. The van der Waals surface area contributed by atoms with E-state index in [0.29, 0.717) is 4.88 Å². The van der Waals surface area contributed by atoms with Crippen LogP contribution in [0.1, 0.15) is 40.6 Å². The van der Waals surface area contributed by atoms with Crippen molar-refractivity contribution in [2.75, 3.05) is 0 Å². The molecule has 2 heterocycles. The number of carbonyl (C=O) groups excluding carboxylic acids is 1. The number of aromatic amines is 1. The minimum absolute atomic E-state index is 0.119. The Hall–Kier alpha value is -3.25. The molecule has 0 spiro atoms. The van der Waals surface area contributed by atoms with Crippen molar-refractivity contribution in [1.82, 2.24) is 20.3 Å². The van der Waals surface area contributed by atoms with Crippen molar-refractivity contribution >= 4 is 17.2 Å². The average Bonchev–Trinajstić information content (AvgIpc) is 3.40. The van der Waals surface area contributed by atoms with E-state index in [1.54, 1.807) is 0 Å². The fourth-order valence-corrected chi connectivity index (χ4v) is 4.15. The smallest absolute Gasteiger partial charge is 0.263 e. The second kappa shape index (κ2) is 8.41. The van der Waals surface area contributed by atoms with E-state index in [0.717, 1.165) is 39.8 Å². The molecule has 4 rings (SSSR count). The topological polar surface area (TPSA) is 70.7 Å². The summed E-state index contributed by atoms with van der Waals surface area (Å²) in [5.74, 6) is 0.636. The normalized spacial score (nSPS) is 11.9. The Bertz CT molecular complexity index is 1100. The lowest BCUT2D eigenvalue weighted by Gasteiger charge is -2.14. The third-order valence-corrected chi connectivity index (χ3v) is 5.95. The molecule has 4 aromatic rings. The van der Waals surface area contributed by atoms with Crippen LogP contribution in [0.4, 0.5) is 0 Å². The maximum atomic E-state index is 12.9. The number of rotatable bonds is 6. The predicted octanol–water partition coefficient (Wildman–Crippen LogP) is 5.39. The van der Waals surface area contributed by atoms with Crippen LogP contribution in [0.15, 0.2) is 66.9 Å². The summed E-state index contributed by atoms with van der Waals surface area (Å²) in [7, 11) is 0. The Labute approximate surface area is 173 Å². The lowest BCUT2D eigenvalue weighted by atomic mass is 10.2. The summed E-state index contributed by atoms with van der Waals surface area (Å²) in [5.41, 5.74) is 3.77. The predicted molar refractivity (Wildman–Crippen MR) is 117 cm³/mol. The standard InChI is InChI=1S/C23H22N4OS/c1-3-18(21-24-14-19(26-21)16-10-6-4-7-11-16)27-22(28)20-15(2)25-23(29-20)17-12-8-5-9-13-17/h4-14,18H,3H2,1-2H3,(H,24,26)(H,27,28). The van der Waals surface area contributed by atoms with Crippen LogP contribution >= 0.6 is 11.3 Å². The van der Waals surface area contributed by atoms with Gasteiger partial charge in [0.25, 0.3) is 5.91 Å². The molecule has 1 amide bonds. The van der Waals surface area contributed by atoms with Crippen molar-refractivity contribution in [1.29, 1.82) is 0 Å². The van der Waals surface area contributed by atoms with Gasteiger partial charge in [-0.2, -0.15) is 0 Å². The van der Waals surface area contributed by atoms with Crippen LogP contribution in [0.3, 0.4) is 0 Å². The number of carbonyl (C=O) groups is 1. The van der Waals surface area contributed by atoms with E-state index in [1.807, 2.05) is 80.7 Å². The lowest BCUT2D eigenvalue weighted by molar-refractivity contribution is 0.0937. The van der Waals surface area contributed by atoms with E-state index in [9.17, 15) is 4.79 Å². The number of nitrogens with zero attached hydrogens (tertiary/aromatic N) is 2. The molecule has 1 atom stereocenters. The van der Waals surface area contributed by atoms with E-state index in [4.69, 9.17) is 0 Å². The molecule has 2 aromatic heterocycles. The van der Waals surface area contributed by atoms with Gasteiger partial charge in [0, 0.05) is 5.56 Å². The van der Waals surface area contributed by atoms with E-state index in [-0.39, 0.29) is 11.9 Å². The van der Waals surface area contributed by atoms with Crippen molar-refractivity contribution in [2.45, 2.75) is 26.3 Å². The summed E-state index contributed by atoms with van der Waals surface area (Å²) in [6, 6.07) is 19.8. The van der Waals surface area contributed by atoms with Crippen molar-refractivity contribution in [3.8, 4) is 21.8 Å². The molecule has 0 bridgehead atoms. The Morgan fingerprint density at radius 1 is 1.07 bits per heavy atom. The zero-order valence-electron chi connectivity index (χ0n) is 16.3. The van der Waals surface area contributed by atoms with Gasteiger partial charge in [-0.05, 0) is 18.9 Å². The first kappa shape index (κ1) is 19.1. The Morgan fingerprint density at radius 3 is 2.38 bits per heavy atom. The van der Waals surface area contributed by atoms with Gasteiger partial charge >= 0.3 is 0 Å². The molecule has 29 heavy (non-hydrogen) atoms. The molecule has 0 radical (unpaired) electrons. The van der Waals surface area contributed by atoms with Crippen LogP contribution in [0.5, 0.6) is 0 Å². The minimum Gasteiger partial charge on any atom is -0.341 e. The molecule has 2 aromatic carbocycles. The summed E-state index contributed by atoms with van der Waals surface area (Å²) in [6.45, 7) is 3.91. The van der Waals surface area contributed by atoms with Gasteiger partial charge in [0.05, 0.1) is 23.6 Å². The highest BCUT2D eigenvalue weighted by Crippen LogP contribution is 2.28. The second-order valence-electron chi connectivity index (χ2n) is 6.78. The van der Waals surface area contributed by atoms with Crippen LogP contribution in [-0.2, 0) is 0 Å². The van der Waals surface area contributed by atoms with Crippen molar-refractivity contribution in [3.05, 3.63) is 83.3 Å². The van der Waals surface area contributed by atoms with Gasteiger partial charge in [0.15, 0.2) is 0 Å². The largest absolute Gasteiger partial charge is 0.341 e. The van der Waals surface area contributed by atoms with E-state index in [2.05, 4.69) is 20.3 Å². The molecule has 1 unspecified atom stereocenters. The highest BCUT2D eigenvalue weighted by molar-refractivity contribution is 7.17. The monoisotopic (exact) mass is 402 g/mol. The van der Waals surface area contributed by atoms with Gasteiger partial charge in [-0.3, -0.25) is 4.79 Å². The van der Waals surface area contributed by atoms with Gasteiger partial charge < -0.3 is 10.3 Å². The first-order valence-corrected chi connectivity index (χ1v) is 10.4. The first-order chi connectivity index (χ1) is 14.2. The van der Waals surface area contributed by atoms with Crippen molar-refractivity contribution in [3.63, 3.8) is 0 Å². The van der Waals surface area contributed by atoms with Gasteiger partial charge in [0.1, 0.15) is 15.7 Å². The van der Waals surface area contributed by atoms with Gasteiger partial charge in [-0.1, -0.05) is 67.6 Å². The molecule has 0 aliphatic heterocycles. The SMILES string of the molecule is CCC(NC(=O)c1sc(-c2ccccc2)nc1C)c1ncc(-c2ccccc2)[nH]1. The van der Waals surface area contributed by atoms with Gasteiger partial charge in [0.2, 0.25) is 0 Å². The van der Waals surface area contributed by atoms with Crippen LogP contribution in [0.25, 0.3) is 21.8 Å². The molecular weight excluding hydrogens is 380 g/mol. The van der Waals surface area contributed by atoms with Crippen LogP contribution < -0.4 is 5.32 Å². The van der Waals surface area contributed by atoms with Gasteiger partial charge in [-0.15, -0.1) is 11.3 Å². The number of aryl methyl sites for hydroxylation is 1. The molecule has 6 heteroatoms. The van der Waals surface area contributed by atoms with Gasteiger partial charge in [-0.25, -0.2) is 9.97 Å². The fourth-order valence-electron chi connectivity index (χ4n) is 3.18. The number of amides is 1. The third-order valence-electron chi connectivity index (χ3n) is 4.75. The summed E-state index contributed by atoms with van der Waals surface area (Å²) < 4.78 is 0. The van der Waals surface area contributed by atoms with E-state index >= 15 is 0 Å². The minimum atomic E-state index is -0.193. The number of nitrogens with one attached hydrogen (secondary N) is 2. The van der Waals surface area contributed by atoms with Crippen molar-refractivity contribution < 1.29 is 4.79 Å². The van der Waals surface area contributed by atoms with E-state index < -0.39 is 0 Å². The highest BCUT2D eigenvalue weighted by atomic mass is 32.1. The number of H-pyrrole nitrogens is 1. The molecule has 0 aliphatic carbocycles. The van der Waals surface area contributed by atoms with E-state index in [1.165, 1.54) is 11.3 Å². The number of hydrogen-bond acceptors (Lipinski definition) is 4. The molecule has 0 fully saturated rings. The van der Waals surface area contributed by atoms with Crippen molar-refractivity contribution in [2.24, 2.45) is 0 Å². The molecule has 5 nitrogen and oxygen atoms in total. The number of imidazole rings is 1.